The first-order chi connectivity index (χ1) is 6.93. The molecular formula is C11H21NO3. The van der Waals surface area contributed by atoms with Crippen LogP contribution in [-0.2, 0) is 14.3 Å². The lowest BCUT2D eigenvalue weighted by atomic mass is 9.84. The molecule has 0 rings (SSSR count). The molecule has 88 valence electrons. The van der Waals surface area contributed by atoms with Gasteiger partial charge in [-0.1, -0.05) is 13.8 Å². The molecule has 15 heavy (non-hydrogen) atoms. The van der Waals surface area contributed by atoms with Gasteiger partial charge >= 0.3 is 5.97 Å². The van der Waals surface area contributed by atoms with Crippen molar-refractivity contribution in [1.29, 1.82) is 0 Å². The van der Waals surface area contributed by atoms with Crippen molar-refractivity contribution in [2.75, 3.05) is 27.7 Å². The van der Waals surface area contributed by atoms with E-state index in [0.29, 0.717) is 6.29 Å². The molecule has 0 saturated carbocycles. The second-order valence-electron chi connectivity index (χ2n) is 4.28. The maximum absolute atomic E-state index is 11.3. The van der Waals surface area contributed by atoms with E-state index in [9.17, 15) is 9.59 Å². The van der Waals surface area contributed by atoms with Gasteiger partial charge in [-0.25, -0.2) is 0 Å². The average Bonchev–Trinajstić information content (AvgIpc) is 2.17. The maximum Gasteiger partial charge on any atom is 0.316 e. The molecule has 0 N–H and O–H groups in total. The number of hydrogen-bond acceptors (Lipinski definition) is 4. The van der Waals surface area contributed by atoms with E-state index >= 15 is 0 Å². The Morgan fingerprint density at radius 1 is 1.40 bits per heavy atom. The number of carbonyl (C=O) groups excluding carboxylic acids is 2. The first-order valence-electron chi connectivity index (χ1n) is 5.11. The van der Waals surface area contributed by atoms with Gasteiger partial charge in [0, 0.05) is 6.54 Å². The Labute approximate surface area is 91.6 Å². The van der Waals surface area contributed by atoms with E-state index in [1.54, 1.807) is 0 Å². The molecular weight excluding hydrogens is 194 g/mol. The molecule has 0 aliphatic rings. The normalized spacial score (nSPS) is 16.9. The first kappa shape index (κ1) is 14.1. The number of aldehydes is 1. The number of methoxy groups -OCH3 is 1. The lowest BCUT2D eigenvalue weighted by Crippen LogP contribution is -2.33. The van der Waals surface area contributed by atoms with Crippen molar-refractivity contribution in [2.45, 2.75) is 13.8 Å². The molecule has 0 heterocycles. The molecule has 0 amide bonds. The smallest absolute Gasteiger partial charge is 0.316 e. The third kappa shape index (κ3) is 4.42. The van der Waals surface area contributed by atoms with Crippen molar-refractivity contribution in [1.82, 2.24) is 4.90 Å². The Morgan fingerprint density at radius 2 is 1.93 bits per heavy atom. The minimum Gasteiger partial charge on any atom is -0.468 e. The molecule has 4 nitrogen and oxygen atoms in total. The monoisotopic (exact) mass is 215 g/mol. The lowest BCUT2D eigenvalue weighted by molar-refractivity contribution is -0.149. The largest absolute Gasteiger partial charge is 0.468 e. The lowest BCUT2D eigenvalue weighted by Gasteiger charge is -2.25. The van der Waals surface area contributed by atoms with E-state index in [2.05, 4.69) is 4.74 Å². The summed E-state index contributed by atoms with van der Waals surface area (Å²) < 4.78 is 4.60. The fraction of sp³-hybridized carbons (Fsp3) is 0.818. The van der Waals surface area contributed by atoms with Crippen LogP contribution in [0.2, 0.25) is 0 Å². The predicted octanol–water partition coefficient (Wildman–Crippen LogP) is 0.808. The SMILES string of the molecule is COC(=O)C(C=O)C(C)C(C)CN(C)C. The first-order valence-corrected chi connectivity index (χ1v) is 5.11. The molecule has 0 aromatic heterocycles. The number of hydrogen-bond donors (Lipinski definition) is 0. The third-order valence-corrected chi connectivity index (χ3v) is 2.74. The van der Waals surface area contributed by atoms with Crippen LogP contribution < -0.4 is 0 Å². The maximum atomic E-state index is 11.3. The van der Waals surface area contributed by atoms with Gasteiger partial charge in [-0.15, -0.1) is 0 Å². The summed E-state index contributed by atoms with van der Waals surface area (Å²) >= 11 is 0. The van der Waals surface area contributed by atoms with E-state index in [4.69, 9.17) is 0 Å². The van der Waals surface area contributed by atoms with Crippen molar-refractivity contribution < 1.29 is 14.3 Å². The molecule has 0 aliphatic carbocycles. The highest BCUT2D eigenvalue weighted by molar-refractivity contribution is 5.87. The highest BCUT2D eigenvalue weighted by Crippen LogP contribution is 2.21. The van der Waals surface area contributed by atoms with Gasteiger partial charge in [-0.05, 0) is 25.9 Å². The number of rotatable bonds is 6. The van der Waals surface area contributed by atoms with Gasteiger partial charge in [-0.2, -0.15) is 0 Å². The summed E-state index contributed by atoms with van der Waals surface area (Å²) in [7, 11) is 5.25. The second-order valence-corrected chi connectivity index (χ2v) is 4.28. The van der Waals surface area contributed by atoms with Crippen LogP contribution >= 0.6 is 0 Å². The van der Waals surface area contributed by atoms with E-state index < -0.39 is 11.9 Å². The fourth-order valence-corrected chi connectivity index (χ4v) is 1.63. The molecule has 4 heteroatoms. The van der Waals surface area contributed by atoms with E-state index in [0.717, 1.165) is 6.54 Å². The van der Waals surface area contributed by atoms with E-state index in [1.165, 1.54) is 7.11 Å². The standard InChI is InChI=1S/C11H21NO3/c1-8(6-12(3)4)9(2)10(7-13)11(14)15-5/h7-10H,6H2,1-5H3. The molecule has 0 aromatic rings. The number of ether oxygens (including phenoxy) is 1. The Bertz CT molecular complexity index is 216. The molecule has 0 bridgehead atoms. The van der Waals surface area contributed by atoms with Gasteiger partial charge in [-0.3, -0.25) is 4.79 Å². The Morgan fingerprint density at radius 3 is 2.27 bits per heavy atom. The summed E-state index contributed by atoms with van der Waals surface area (Å²) in [5.74, 6) is -0.820. The van der Waals surface area contributed by atoms with Crippen LogP contribution in [0.1, 0.15) is 13.8 Å². The minimum atomic E-state index is -0.648. The minimum absolute atomic E-state index is 0.00245. The summed E-state index contributed by atoms with van der Waals surface area (Å²) in [6.45, 7) is 4.79. The molecule has 0 aromatic carbocycles. The summed E-state index contributed by atoms with van der Waals surface area (Å²) in [4.78, 5) is 24.2. The summed E-state index contributed by atoms with van der Waals surface area (Å²) in [5.41, 5.74) is 0. The van der Waals surface area contributed by atoms with Gasteiger partial charge in [0.05, 0.1) is 7.11 Å². The summed E-state index contributed by atoms with van der Waals surface area (Å²) in [6, 6.07) is 0. The zero-order valence-electron chi connectivity index (χ0n) is 10.2. The van der Waals surface area contributed by atoms with Gasteiger partial charge in [0.1, 0.15) is 12.2 Å². The van der Waals surface area contributed by atoms with Crippen LogP contribution in [0.3, 0.4) is 0 Å². The van der Waals surface area contributed by atoms with Crippen LogP contribution in [0.4, 0.5) is 0 Å². The highest BCUT2D eigenvalue weighted by Gasteiger charge is 2.29. The van der Waals surface area contributed by atoms with Gasteiger partial charge in [0.15, 0.2) is 0 Å². The van der Waals surface area contributed by atoms with Crippen molar-refractivity contribution in [3.8, 4) is 0 Å². The van der Waals surface area contributed by atoms with Crippen LogP contribution in [-0.4, -0.2) is 44.9 Å². The number of esters is 1. The molecule has 0 fully saturated rings. The topological polar surface area (TPSA) is 46.6 Å². The Balaban J connectivity index is 4.43. The molecule has 0 radical (unpaired) electrons. The van der Waals surface area contributed by atoms with Crippen molar-refractivity contribution in [3.63, 3.8) is 0 Å². The van der Waals surface area contributed by atoms with Crippen LogP contribution in [0.5, 0.6) is 0 Å². The molecule has 0 aliphatic heterocycles. The van der Waals surface area contributed by atoms with Crippen LogP contribution in [0, 0.1) is 17.8 Å². The zero-order valence-corrected chi connectivity index (χ0v) is 10.2. The van der Waals surface area contributed by atoms with Gasteiger partial charge in [0.2, 0.25) is 0 Å². The molecule has 3 atom stereocenters. The fourth-order valence-electron chi connectivity index (χ4n) is 1.63. The Hall–Kier alpha value is -0.900. The molecule has 3 unspecified atom stereocenters. The average molecular weight is 215 g/mol. The summed E-state index contributed by atoms with van der Waals surface area (Å²) in [5, 5.41) is 0. The van der Waals surface area contributed by atoms with Crippen molar-refractivity contribution in [2.24, 2.45) is 17.8 Å². The second kappa shape index (κ2) is 6.56. The van der Waals surface area contributed by atoms with Gasteiger partial charge < -0.3 is 14.4 Å². The Kier molecular flexibility index (Phi) is 6.17. The predicted molar refractivity (Wildman–Crippen MR) is 58.5 cm³/mol. The summed E-state index contributed by atoms with van der Waals surface area (Å²) in [6.07, 6.45) is 0.683. The van der Waals surface area contributed by atoms with E-state index in [-0.39, 0.29) is 11.8 Å². The molecule has 0 spiro atoms. The van der Waals surface area contributed by atoms with Crippen molar-refractivity contribution in [3.05, 3.63) is 0 Å². The number of carbonyl (C=O) groups is 2. The highest BCUT2D eigenvalue weighted by atomic mass is 16.5. The molecule has 0 saturated heterocycles. The number of nitrogens with zero attached hydrogens (tertiary/aromatic N) is 1. The van der Waals surface area contributed by atoms with E-state index in [1.807, 2.05) is 32.8 Å². The van der Waals surface area contributed by atoms with Crippen LogP contribution in [0.15, 0.2) is 0 Å². The zero-order chi connectivity index (χ0) is 12.0. The van der Waals surface area contributed by atoms with Crippen LogP contribution in [0.25, 0.3) is 0 Å². The van der Waals surface area contributed by atoms with Gasteiger partial charge in [0.25, 0.3) is 0 Å². The van der Waals surface area contributed by atoms with Crippen molar-refractivity contribution >= 4 is 12.3 Å². The quantitative estimate of drug-likeness (QED) is 0.374. The third-order valence-electron chi connectivity index (χ3n) is 2.74.